The average molecular weight is 350 g/mol. The molecule has 5 nitrogen and oxygen atoms in total. The Labute approximate surface area is 152 Å². The summed E-state index contributed by atoms with van der Waals surface area (Å²) in [6, 6.07) is 0.253. The maximum atomic E-state index is 13.3. The third-order valence-electron chi connectivity index (χ3n) is 6.30. The van der Waals surface area contributed by atoms with E-state index in [1.165, 1.54) is 25.7 Å². The molecule has 0 spiro atoms. The van der Waals surface area contributed by atoms with Crippen LogP contribution in [0.25, 0.3) is 0 Å². The van der Waals surface area contributed by atoms with Crippen molar-refractivity contribution in [3.63, 3.8) is 0 Å². The molecule has 1 heterocycles. The lowest BCUT2D eigenvalue weighted by atomic mass is 9.91. The van der Waals surface area contributed by atoms with Gasteiger partial charge in [0.15, 0.2) is 0 Å². The zero-order valence-electron chi connectivity index (χ0n) is 15.8. The van der Waals surface area contributed by atoms with E-state index in [4.69, 9.17) is 0 Å². The summed E-state index contributed by atoms with van der Waals surface area (Å²) in [5.41, 5.74) is 0. The van der Waals surface area contributed by atoms with Crippen molar-refractivity contribution in [1.82, 2.24) is 15.1 Å². The molecule has 0 bridgehead atoms. The molecule has 0 aromatic rings. The second kappa shape index (κ2) is 9.02. The van der Waals surface area contributed by atoms with Gasteiger partial charge in [-0.25, -0.2) is 4.79 Å². The normalized spacial score (nSPS) is 27.0. The average Bonchev–Trinajstić information content (AvgIpc) is 2.63. The van der Waals surface area contributed by atoms with Gasteiger partial charge in [-0.05, 0) is 52.1 Å². The number of rotatable bonds is 3. The summed E-state index contributed by atoms with van der Waals surface area (Å²) < 4.78 is 0. The number of imide groups is 1. The first-order valence-electron chi connectivity index (χ1n) is 10.5. The fourth-order valence-corrected chi connectivity index (χ4v) is 4.84. The summed E-state index contributed by atoms with van der Waals surface area (Å²) in [5.74, 6) is 0.0598. The molecule has 25 heavy (non-hydrogen) atoms. The van der Waals surface area contributed by atoms with Crippen LogP contribution >= 0.6 is 0 Å². The minimum atomic E-state index is -0.114. The second-order valence-electron chi connectivity index (χ2n) is 8.39. The number of urea groups is 1. The van der Waals surface area contributed by atoms with Gasteiger partial charge in [0, 0.05) is 18.6 Å². The molecule has 0 aromatic heterocycles. The minimum Gasteiger partial charge on any atom is -0.335 e. The monoisotopic (exact) mass is 349 g/mol. The van der Waals surface area contributed by atoms with E-state index in [0.29, 0.717) is 0 Å². The molecule has 1 atom stereocenters. The first-order chi connectivity index (χ1) is 12.1. The number of likely N-dealkylation sites (tertiary alicyclic amines) is 1. The molecule has 3 fully saturated rings. The van der Waals surface area contributed by atoms with Crippen molar-refractivity contribution in [2.75, 3.05) is 20.1 Å². The summed E-state index contributed by atoms with van der Waals surface area (Å²) >= 11 is 0. The Morgan fingerprint density at radius 2 is 1.52 bits per heavy atom. The smallest absolute Gasteiger partial charge is 0.324 e. The Morgan fingerprint density at radius 3 is 2.16 bits per heavy atom. The van der Waals surface area contributed by atoms with Crippen LogP contribution in [-0.2, 0) is 4.79 Å². The van der Waals surface area contributed by atoms with E-state index in [0.717, 1.165) is 64.5 Å². The van der Waals surface area contributed by atoms with Crippen molar-refractivity contribution in [3.8, 4) is 0 Å². The molecule has 5 heteroatoms. The van der Waals surface area contributed by atoms with Crippen LogP contribution in [0.1, 0.15) is 77.0 Å². The Hall–Kier alpha value is -1.10. The summed E-state index contributed by atoms with van der Waals surface area (Å²) in [5, 5.41) is 3.20. The maximum absolute atomic E-state index is 13.3. The molecule has 0 aromatic carbocycles. The highest BCUT2D eigenvalue weighted by Crippen LogP contribution is 2.27. The first-order valence-corrected chi connectivity index (χ1v) is 10.5. The standard InChI is InChI=1S/C20H35N3O2/c1-22-14-8-9-16(15-22)19(24)23(18-12-6-3-7-13-18)20(25)21-17-10-4-2-5-11-17/h16-18H,2-15H2,1H3,(H,21,25)/t16-/m0/s1. The van der Waals surface area contributed by atoms with Crippen LogP contribution in [0.15, 0.2) is 0 Å². The molecule has 2 saturated carbocycles. The third-order valence-corrected chi connectivity index (χ3v) is 6.30. The fourth-order valence-electron chi connectivity index (χ4n) is 4.84. The van der Waals surface area contributed by atoms with Crippen molar-refractivity contribution >= 4 is 11.9 Å². The molecule has 142 valence electrons. The Morgan fingerprint density at radius 1 is 0.880 bits per heavy atom. The number of hydrogen-bond donors (Lipinski definition) is 1. The van der Waals surface area contributed by atoms with Crippen LogP contribution in [0.3, 0.4) is 0 Å². The zero-order valence-corrected chi connectivity index (χ0v) is 15.8. The molecule has 0 unspecified atom stereocenters. The molecular formula is C20H35N3O2. The number of piperidine rings is 1. The van der Waals surface area contributed by atoms with Crippen molar-refractivity contribution in [3.05, 3.63) is 0 Å². The van der Waals surface area contributed by atoms with Gasteiger partial charge in [0.05, 0.1) is 5.92 Å². The lowest BCUT2D eigenvalue weighted by Gasteiger charge is -2.38. The largest absolute Gasteiger partial charge is 0.335 e. The van der Waals surface area contributed by atoms with Crippen molar-refractivity contribution in [2.45, 2.75) is 89.1 Å². The van der Waals surface area contributed by atoms with Crippen molar-refractivity contribution in [1.29, 1.82) is 0 Å². The van der Waals surface area contributed by atoms with Gasteiger partial charge >= 0.3 is 6.03 Å². The molecule has 1 aliphatic heterocycles. The van der Waals surface area contributed by atoms with E-state index >= 15 is 0 Å². The summed E-state index contributed by atoms with van der Waals surface area (Å²) in [6.45, 7) is 1.85. The Kier molecular flexibility index (Phi) is 6.74. The van der Waals surface area contributed by atoms with E-state index in [1.807, 2.05) is 0 Å². The lowest BCUT2D eigenvalue weighted by Crippen LogP contribution is -2.56. The van der Waals surface area contributed by atoms with E-state index in [9.17, 15) is 9.59 Å². The zero-order chi connectivity index (χ0) is 17.6. The topological polar surface area (TPSA) is 52.7 Å². The summed E-state index contributed by atoms with van der Waals surface area (Å²) in [4.78, 5) is 30.2. The fraction of sp³-hybridized carbons (Fsp3) is 0.900. The first kappa shape index (κ1) is 18.7. The van der Waals surface area contributed by atoms with E-state index < -0.39 is 0 Å². The van der Waals surface area contributed by atoms with Gasteiger partial charge in [-0.2, -0.15) is 0 Å². The van der Waals surface area contributed by atoms with Gasteiger partial charge in [-0.1, -0.05) is 38.5 Å². The van der Waals surface area contributed by atoms with E-state index in [2.05, 4.69) is 17.3 Å². The van der Waals surface area contributed by atoms with Crippen LogP contribution in [0.5, 0.6) is 0 Å². The van der Waals surface area contributed by atoms with Crippen LogP contribution < -0.4 is 5.32 Å². The van der Waals surface area contributed by atoms with Gasteiger partial charge < -0.3 is 10.2 Å². The number of nitrogens with zero attached hydrogens (tertiary/aromatic N) is 2. The van der Waals surface area contributed by atoms with Crippen LogP contribution in [0.2, 0.25) is 0 Å². The Balaban J connectivity index is 1.69. The predicted octanol–water partition coefficient (Wildman–Crippen LogP) is 3.53. The molecule has 2 aliphatic carbocycles. The van der Waals surface area contributed by atoms with Gasteiger partial charge in [-0.3, -0.25) is 9.69 Å². The van der Waals surface area contributed by atoms with Crippen LogP contribution in [-0.4, -0.2) is 54.0 Å². The highest BCUT2D eigenvalue weighted by molar-refractivity contribution is 5.96. The number of carbonyl (C=O) groups is 2. The van der Waals surface area contributed by atoms with Gasteiger partial charge in [0.25, 0.3) is 0 Å². The van der Waals surface area contributed by atoms with Gasteiger partial charge in [0.2, 0.25) is 5.91 Å². The van der Waals surface area contributed by atoms with Gasteiger partial charge in [0.1, 0.15) is 0 Å². The predicted molar refractivity (Wildman–Crippen MR) is 99.3 cm³/mol. The number of hydrogen-bond acceptors (Lipinski definition) is 3. The highest BCUT2D eigenvalue weighted by Gasteiger charge is 2.37. The lowest BCUT2D eigenvalue weighted by molar-refractivity contribution is -0.136. The molecule has 1 N–H and O–H groups in total. The molecule has 1 saturated heterocycles. The van der Waals surface area contributed by atoms with E-state index in [1.54, 1.807) is 4.90 Å². The molecule has 3 rings (SSSR count). The molecule has 0 radical (unpaired) electrons. The van der Waals surface area contributed by atoms with Crippen molar-refractivity contribution in [2.24, 2.45) is 5.92 Å². The van der Waals surface area contributed by atoms with Crippen molar-refractivity contribution < 1.29 is 9.59 Å². The SMILES string of the molecule is CN1CCC[C@H](C(=O)N(C(=O)NC2CCCCC2)C2CCCCC2)C1. The number of nitrogens with one attached hydrogen (secondary N) is 1. The van der Waals surface area contributed by atoms with Crippen LogP contribution in [0.4, 0.5) is 4.79 Å². The number of amides is 3. The van der Waals surface area contributed by atoms with E-state index in [-0.39, 0.29) is 29.9 Å². The summed E-state index contributed by atoms with van der Waals surface area (Å²) in [6.07, 6.45) is 13.2. The number of carbonyl (C=O) groups excluding carboxylic acids is 2. The maximum Gasteiger partial charge on any atom is 0.324 e. The van der Waals surface area contributed by atoms with Crippen LogP contribution in [0, 0.1) is 5.92 Å². The molecular weight excluding hydrogens is 314 g/mol. The molecule has 3 aliphatic rings. The third kappa shape index (κ3) is 4.96. The Bertz CT molecular complexity index is 456. The highest BCUT2D eigenvalue weighted by atomic mass is 16.2. The molecule has 3 amide bonds. The summed E-state index contributed by atoms with van der Waals surface area (Å²) in [7, 11) is 2.08. The minimum absolute atomic E-state index is 0.0159. The quantitative estimate of drug-likeness (QED) is 0.848. The second-order valence-corrected chi connectivity index (χ2v) is 8.39. The van der Waals surface area contributed by atoms with Gasteiger partial charge in [-0.15, -0.1) is 0 Å².